The van der Waals surface area contributed by atoms with Crippen molar-refractivity contribution in [1.29, 1.82) is 0 Å². The molecule has 0 saturated carbocycles. The molecule has 0 aromatic carbocycles. The molecule has 2 rings (SSSR count). The first kappa shape index (κ1) is 13.0. The number of hydrogen-bond donors (Lipinski definition) is 2. The number of aromatic nitrogens is 2. The number of hydrogen-bond acceptors (Lipinski definition) is 6. The molecule has 1 saturated heterocycles. The summed E-state index contributed by atoms with van der Waals surface area (Å²) in [4.78, 5) is 10.9. The van der Waals surface area contributed by atoms with Gasteiger partial charge in [-0.15, -0.1) is 0 Å². The number of hydrazine groups is 1. The zero-order valence-corrected chi connectivity index (χ0v) is 11.2. The quantitative estimate of drug-likeness (QED) is 0.615. The minimum absolute atomic E-state index is 0.218. The molecule has 2 unspecified atom stereocenters. The molecule has 1 aliphatic heterocycles. The van der Waals surface area contributed by atoms with Crippen molar-refractivity contribution in [3.63, 3.8) is 0 Å². The molecule has 1 aromatic heterocycles. The van der Waals surface area contributed by atoms with E-state index in [2.05, 4.69) is 41.1 Å². The molecular weight excluding hydrogens is 230 g/mol. The summed E-state index contributed by atoms with van der Waals surface area (Å²) in [5.74, 6) is 7.17. The lowest BCUT2D eigenvalue weighted by Gasteiger charge is -2.38. The third-order valence-corrected chi connectivity index (χ3v) is 3.29. The highest BCUT2D eigenvalue weighted by atomic mass is 16.5. The molecule has 6 heteroatoms. The van der Waals surface area contributed by atoms with Crippen molar-refractivity contribution in [2.45, 2.75) is 39.3 Å². The smallest absolute Gasteiger partial charge is 0.148 e. The minimum Gasteiger partial charge on any atom is -0.375 e. The Morgan fingerprint density at radius 3 is 2.94 bits per heavy atom. The van der Waals surface area contributed by atoms with E-state index in [1.807, 2.05) is 0 Å². The fraction of sp³-hybridized carbons (Fsp3) is 0.667. The monoisotopic (exact) mass is 251 g/mol. The van der Waals surface area contributed by atoms with Crippen LogP contribution in [0.15, 0.2) is 6.33 Å². The molecule has 6 nitrogen and oxygen atoms in total. The summed E-state index contributed by atoms with van der Waals surface area (Å²) in [6, 6.07) is 0.312. The molecular formula is C12H21N5O. The number of anilines is 2. The summed E-state index contributed by atoms with van der Waals surface area (Å²) in [6.45, 7) is 7.86. The maximum atomic E-state index is 5.65. The highest BCUT2D eigenvalue weighted by Gasteiger charge is 2.27. The van der Waals surface area contributed by atoms with E-state index in [1.165, 1.54) is 0 Å². The van der Waals surface area contributed by atoms with Gasteiger partial charge in [-0.05, 0) is 20.3 Å². The van der Waals surface area contributed by atoms with E-state index in [4.69, 9.17) is 10.6 Å². The second-order valence-corrected chi connectivity index (χ2v) is 4.67. The molecule has 2 heterocycles. The molecule has 18 heavy (non-hydrogen) atoms. The van der Waals surface area contributed by atoms with Gasteiger partial charge in [-0.25, -0.2) is 15.8 Å². The second kappa shape index (κ2) is 5.49. The average Bonchev–Trinajstić information content (AvgIpc) is 2.40. The number of nitrogen functional groups attached to an aromatic ring is 1. The van der Waals surface area contributed by atoms with Crippen LogP contribution < -0.4 is 16.2 Å². The number of morpholine rings is 1. The summed E-state index contributed by atoms with van der Waals surface area (Å²) in [7, 11) is 0. The van der Waals surface area contributed by atoms with Gasteiger partial charge in [0.2, 0.25) is 0 Å². The van der Waals surface area contributed by atoms with Gasteiger partial charge in [0.1, 0.15) is 18.0 Å². The van der Waals surface area contributed by atoms with Gasteiger partial charge in [0.15, 0.2) is 0 Å². The third-order valence-electron chi connectivity index (χ3n) is 3.29. The molecule has 1 aliphatic rings. The highest BCUT2D eigenvalue weighted by Crippen LogP contribution is 2.27. The maximum absolute atomic E-state index is 5.65. The molecule has 0 amide bonds. The van der Waals surface area contributed by atoms with E-state index >= 15 is 0 Å². The van der Waals surface area contributed by atoms with Crippen LogP contribution in [0.2, 0.25) is 0 Å². The van der Waals surface area contributed by atoms with Crippen LogP contribution in [0, 0.1) is 0 Å². The SMILES string of the molecule is CCc1c(NN)ncnc1N1CC(C)OCC1C. The van der Waals surface area contributed by atoms with Gasteiger partial charge < -0.3 is 15.1 Å². The second-order valence-electron chi connectivity index (χ2n) is 4.67. The molecule has 3 N–H and O–H groups in total. The van der Waals surface area contributed by atoms with Crippen LogP contribution in [0.1, 0.15) is 26.3 Å². The summed E-state index contributed by atoms with van der Waals surface area (Å²) in [6.07, 6.45) is 2.61. The van der Waals surface area contributed by atoms with Crippen molar-refractivity contribution in [2.75, 3.05) is 23.5 Å². The van der Waals surface area contributed by atoms with Crippen LogP contribution in [0.5, 0.6) is 0 Å². The van der Waals surface area contributed by atoms with Crippen LogP contribution in [-0.2, 0) is 11.2 Å². The highest BCUT2D eigenvalue weighted by molar-refractivity contribution is 5.59. The van der Waals surface area contributed by atoms with Crippen molar-refractivity contribution < 1.29 is 4.74 Å². The molecule has 1 fully saturated rings. The predicted molar refractivity (Wildman–Crippen MR) is 71.4 cm³/mol. The van der Waals surface area contributed by atoms with Gasteiger partial charge in [-0.1, -0.05) is 6.92 Å². The lowest BCUT2D eigenvalue weighted by molar-refractivity contribution is 0.0340. The number of nitrogens with two attached hydrogens (primary N) is 1. The van der Waals surface area contributed by atoms with Crippen molar-refractivity contribution in [2.24, 2.45) is 5.84 Å². The van der Waals surface area contributed by atoms with Gasteiger partial charge in [0.25, 0.3) is 0 Å². The Labute approximate surface area is 108 Å². The van der Waals surface area contributed by atoms with Crippen LogP contribution in [-0.4, -0.2) is 35.3 Å². The fourth-order valence-electron chi connectivity index (χ4n) is 2.30. The fourth-order valence-corrected chi connectivity index (χ4v) is 2.30. The number of rotatable bonds is 3. The van der Waals surface area contributed by atoms with Crippen molar-refractivity contribution in [3.8, 4) is 0 Å². The van der Waals surface area contributed by atoms with Gasteiger partial charge in [-0.2, -0.15) is 0 Å². The Morgan fingerprint density at radius 2 is 2.28 bits per heavy atom. The van der Waals surface area contributed by atoms with E-state index in [0.717, 1.165) is 31.0 Å². The number of nitrogens with one attached hydrogen (secondary N) is 1. The van der Waals surface area contributed by atoms with Gasteiger partial charge in [0, 0.05) is 12.1 Å². The Hall–Kier alpha value is -1.40. The zero-order valence-electron chi connectivity index (χ0n) is 11.2. The summed E-state index contributed by atoms with van der Waals surface area (Å²) in [5.41, 5.74) is 3.70. The number of nitrogens with zero attached hydrogens (tertiary/aromatic N) is 3. The summed E-state index contributed by atoms with van der Waals surface area (Å²) >= 11 is 0. The summed E-state index contributed by atoms with van der Waals surface area (Å²) < 4.78 is 5.65. The molecule has 1 aromatic rings. The third kappa shape index (κ3) is 2.39. The Kier molecular flexibility index (Phi) is 3.98. The Balaban J connectivity index is 2.36. The van der Waals surface area contributed by atoms with Crippen molar-refractivity contribution >= 4 is 11.6 Å². The first-order valence-electron chi connectivity index (χ1n) is 6.36. The Bertz CT molecular complexity index is 411. The van der Waals surface area contributed by atoms with Gasteiger partial charge in [-0.3, -0.25) is 0 Å². The van der Waals surface area contributed by atoms with E-state index in [0.29, 0.717) is 11.9 Å². The van der Waals surface area contributed by atoms with Crippen LogP contribution in [0.25, 0.3) is 0 Å². The molecule has 0 radical (unpaired) electrons. The topological polar surface area (TPSA) is 76.3 Å². The van der Waals surface area contributed by atoms with Crippen LogP contribution in [0.4, 0.5) is 11.6 Å². The van der Waals surface area contributed by atoms with Crippen LogP contribution in [0.3, 0.4) is 0 Å². The van der Waals surface area contributed by atoms with E-state index in [1.54, 1.807) is 6.33 Å². The number of ether oxygens (including phenoxy) is 1. The van der Waals surface area contributed by atoms with E-state index in [-0.39, 0.29) is 6.10 Å². The molecule has 100 valence electrons. The minimum atomic E-state index is 0.218. The average molecular weight is 251 g/mol. The standard InChI is InChI=1S/C12H21N5O/c1-4-10-11(16-13)14-7-15-12(10)17-5-9(3)18-6-8(17)2/h7-9H,4-6,13H2,1-3H3,(H,14,15,16). The zero-order chi connectivity index (χ0) is 13.1. The van der Waals surface area contributed by atoms with E-state index < -0.39 is 0 Å². The molecule has 2 atom stereocenters. The normalized spacial score (nSPS) is 24.1. The van der Waals surface area contributed by atoms with Crippen molar-refractivity contribution in [1.82, 2.24) is 9.97 Å². The summed E-state index contributed by atoms with van der Waals surface area (Å²) in [5, 5.41) is 0. The predicted octanol–water partition coefficient (Wildman–Crippen LogP) is 0.938. The molecule has 0 spiro atoms. The maximum Gasteiger partial charge on any atom is 0.148 e. The Morgan fingerprint density at radius 1 is 1.50 bits per heavy atom. The first-order valence-corrected chi connectivity index (χ1v) is 6.36. The lowest BCUT2D eigenvalue weighted by atomic mass is 10.1. The lowest BCUT2D eigenvalue weighted by Crippen LogP contribution is -2.48. The largest absolute Gasteiger partial charge is 0.375 e. The van der Waals surface area contributed by atoms with Gasteiger partial charge >= 0.3 is 0 Å². The van der Waals surface area contributed by atoms with Gasteiger partial charge in [0.05, 0.1) is 18.8 Å². The first-order chi connectivity index (χ1) is 8.67. The van der Waals surface area contributed by atoms with Crippen molar-refractivity contribution in [3.05, 3.63) is 11.9 Å². The molecule has 0 bridgehead atoms. The molecule has 0 aliphatic carbocycles. The van der Waals surface area contributed by atoms with E-state index in [9.17, 15) is 0 Å². The van der Waals surface area contributed by atoms with Crippen LogP contribution >= 0.6 is 0 Å².